The first-order chi connectivity index (χ1) is 17.6. The highest BCUT2D eigenvalue weighted by atomic mass is 16.5. The molecule has 0 bridgehead atoms. The maximum absolute atomic E-state index is 12.9. The van der Waals surface area contributed by atoms with Crippen LogP contribution in [-0.4, -0.2) is 58.2 Å². The topological polar surface area (TPSA) is 98.7 Å². The lowest BCUT2D eigenvalue weighted by Crippen LogP contribution is -2.46. The second-order valence-corrected chi connectivity index (χ2v) is 8.46. The summed E-state index contributed by atoms with van der Waals surface area (Å²) in [5.41, 5.74) is 2.50. The number of nitrogens with zero attached hydrogens (tertiary/aromatic N) is 4. The van der Waals surface area contributed by atoms with Crippen LogP contribution in [-0.2, 0) is 9.53 Å². The molecule has 2 aromatic heterocycles. The summed E-state index contributed by atoms with van der Waals surface area (Å²) in [4.78, 5) is 27.6. The molecule has 9 heteroatoms. The fraction of sp³-hybridized carbons (Fsp3) is 0.259. The van der Waals surface area contributed by atoms with Crippen molar-refractivity contribution in [1.29, 1.82) is 0 Å². The number of rotatable bonds is 7. The van der Waals surface area contributed by atoms with Crippen LogP contribution >= 0.6 is 0 Å². The van der Waals surface area contributed by atoms with Gasteiger partial charge in [-0.2, -0.15) is 0 Å². The van der Waals surface area contributed by atoms with Crippen molar-refractivity contribution in [1.82, 2.24) is 19.9 Å². The van der Waals surface area contributed by atoms with Crippen LogP contribution in [0.5, 0.6) is 17.2 Å². The van der Waals surface area contributed by atoms with E-state index in [2.05, 4.69) is 20.3 Å². The molecule has 1 aliphatic heterocycles. The zero-order valence-corrected chi connectivity index (χ0v) is 20.2. The molecule has 1 amide bonds. The molecule has 0 radical (unpaired) electrons. The van der Waals surface area contributed by atoms with E-state index in [0.29, 0.717) is 48.8 Å². The summed E-state index contributed by atoms with van der Waals surface area (Å²) in [5, 5.41) is 4.08. The van der Waals surface area contributed by atoms with Crippen LogP contribution in [0.4, 0.5) is 11.5 Å². The Labute approximate surface area is 209 Å². The van der Waals surface area contributed by atoms with Crippen LogP contribution in [0, 0.1) is 6.92 Å². The van der Waals surface area contributed by atoms with Gasteiger partial charge in [0.05, 0.1) is 24.1 Å². The molecule has 0 saturated carbocycles. The van der Waals surface area contributed by atoms with Gasteiger partial charge < -0.3 is 24.4 Å². The van der Waals surface area contributed by atoms with E-state index < -0.39 is 6.10 Å². The Morgan fingerprint density at radius 3 is 2.64 bits per heavy atom. The lowest BCUT2D eigenvalue weighted by molar-refractivity contribution is -0.142. The Morgan fingerprint density at radius 1 is 1.06 bits per heavy atom. The number of benzene rings is 2. The Kier molecular flexibility index (Phi) is 6.90. The van der Waals surface area contributed by atoms with E-state index in [0.717, 1.165) is 22.7 Å². The van der Waals surface area contributed by atoms with Gasteiger partial charge in [-0.15, -0.1) is 0 Å². The number of ether oxygens (including phenoxy) is 3. The third kappa shape index (κ3) is 5.21. The number of hydrogen-bond acceptors (Lipinski definition) is 8. The quantitative estimate of drug-likeness (QED) is 0.409. The number of carbonyl (C=O) groups is 1. The summed E-state index contributed by atoms with van der Waals surface area (Å²) < 4.78 is 17.5. The monoisotopic (exact) mass is 485 g/mol. The van der Waals surface area contributed by atoms with Gasteiger partial charge in [-0.1, -0.05) is 6.07 Å². The summed E-state index contributed by atoms with van der Waals surface area (Å²) in [6.07, 6.45) is 4.23. The Balaban J connectivity index is 1.38. The summed E-state index contributed by atoms with van der Waals surface area (Å²) in [6, 6.07) is 15.0. The van der Waals surface area contributed by atoms with Crippen molar-refractivity contribution in [3.63, 3.8) is 0 Å². The van der Waals surface area contributed by atoms with Crippen LogP contribution < -0.4 is 14.8 Å². The molecule has 0 unspecified atom stereocenters. The Morgan fingerprint density at radius 2 is 1.86 bits per heavy atom. The molecule has 1 N–H and O–H groups in total. The number of anilines is 2. The molecule has 1 fully saturated rings. The molecule has 1 aliphatic rings. The molecule has 36 heavy (non-hydrogen) atoms. The number of hydrogen-bond donors (Lipinski definition) is 1. The van der Waals surface area contributed by atoms with Gasteiger partial charge in [-0.3, -0.25) is 9.78 Å². The second-order valence-electron chi connectivity index (χ2n) is 8.46. The lowest BCUT2D eigenvalue weighted by atomic mass is 10.1. The second kappa shape index (κ2) is 10.6. The molecule has 1 atom stereocenters. The van der Waals surface area contributed by atoms with Gasteiger partial charge in [0.2, 0.25) is 0 Å². The molecule has 0 aliphatic carbocycles. The van der Waals surface area contributed by atoms with E-state index in [9.17, 15) is 4.79 Å². The van der Waals surface area contributed by atoms with E-state index in [1.54, 1.807) is 24.2 Å². The molecule has 3 heterocycles. The van der Waals surface area contributed by atoms with E-state index in [1.165, 1.54) is 6.33 Å². The van der Waals surface area contributed by atoms with E-state index >= 15 is 0 Å². The Bertz CT molecular complexity index is 1350. The third-order valence-electron chi connectivity index (χ3n) is 5.91. The first kappa shape index (κ1) is 23.5. The number of aryl methyl sites for hydroxylation is 1. The van der Waals surface area contributed by atoms with Crippen molar-refractivity contribution in [3.05, 3.63) is 72.8 Å². The molecular formula is C27H27N5O4. The number of aromatic nitrogens is 3. The highest BCUT2D eigenvalue weighted by molar-refractivity contribution is 5.96. The summed E-state index contributed by atoms with van der Waals surface area (Å²) in [5.74, 6) is 2.53. The van der Waals surface area contributed by atoms with Crippen LogP contribution in [0.3, 0.4) is 0 Å². The van der Waals surface area contributed by atoms with Crippen molar-refractivity contribution in [2.24, 2.45) is 0 Å². The molecule has 0 spiro atoms. The molecule has 9 nitrogen and oxygen atoms in total. The number of fused-ring (bicyclic) bond motifs is 1. The lowest BCUT2D eigenvalue weighted by Gasteiger charge is -2.29. The van der Waals surface area contributed by atoms with Gasteiger partial charge in [0.15, 0.2) is 6.10 Å². The van der Waals surface area contributed by atoms with E-state index in [1.807, 2.05) is 55.5 Å². The maximum Gasteiger partial charge on any atom is 0.263 e. The summed E-state index contributed by atoms with van der Waals surface area (Å²) >= 11 is 0. The predicted octanol–water partition coefficient (Wildman–Crippen LogP) is 4.50. The van der Waals surface area contributed by atoms with Gasteiger partial charge in [0, 0.05) is 31.2 Å². The molecule has 5 rings (SSSR count). The minimum atomic E-state index is -0.659. The van der Waals surface area contributed by atoms with Gasteiger partial charge in [-0.05, 0) is 61.9 Å². The molecule has 1 saturated heterocycles. The molecule has 4 aromatic rings. The van der Waals surface area contributed by atoms with Crippen LogP contribution in [0.2, 0.25) is 0 Å². The fourth-order valence-corrected chi connectivity index (χ4v) is 4.06. The van der Waals surface area contributed by atoms with E-state index in [-0.39, 0.29) is 5.91 Å². The summed E-state index contributed by atoms with van der Waals surface area (Å²) in [7, 11) is 0. The van der Waals surface area contributed by atoms with Crippen molar-refractivity contribution in [2.45, 2.75) is 20.0 Å². The first-order valence-corrected chi connectivity index (χ1v) is 11.8. The molecule has 184 valence electrons. The highest BCUT2D eigenvalue weighted by Crippen LogP contribution is 2.34. The zero-order chi connectivity index (χ0) is 24.9. The number of pyridine rings is 1. The average Bonchev–Trinajstić information content (AvgIpc) is 2.91. The zero-order valence-electron chi connectivity index (χ0n) is 20.2. The largest absolute Gasteiger partial charge is 0.480 e. The normalized spacial score (nSPS) is 14.3. The fourth-order valence-electron chi connectivity index (χ4n) is 4.06. The minimum absolute atomic E-state index is 0.0675. The van der Waals surface area contributed by atoms with Gasteiger partial charge in [-0.25, -0.2) is 9.97 Å². The van der Waals surface area contributed by atoms with Crippen LogP contribution in [0.15, 0.2) is 67.3 Å². The highest BCUT2D eigenvalue weighted by Gasteiger charge is 2.25. The smallest absolute Gasteiger partial charge is 0.263 e. The van der Waals surface area contributed by atoms with Crippen molar-refractivity contribution in [3.8, 4) is 17.2 Å². The Hall–Kier alpha value is -4.24. The number of amides is 1. The van der Waals surface area contributed by atoms with Gasteiger partial charge >= 0.3 is 0 Å². The van der Waals surface area contributed by atoms with Gasteiger partial charge in [0.1, 0.15) is 29.4 Å². The first-order valence-electron chi connectivity index (χ1n) is 11.8. The summed E-state index contributed by atoms with van der Waals surface area (Å²) in [6.45, 7) is 5.96. The number of nitrogens with one attached hydrogen (secondary N) is 1. The SMILES string of the molecule is Cc1cc(Nc2ncnc3cccc(O[C@H](C)C(=O)N4CCOCC4)c23)ccc1Oc1ccncc1. The van der Waals surface area contributed by atoms with Crippen molar-refractivity contribution in [2.75, 3.05) is 31.6 Å². The molecule has 2 aromatic carbocycles. The molecular weight excluding hydrogens is 458 g/mol. The minimum Gasteiger partial charge on any atom is -0.480 e. The van der Waals surface area contributed by atoms with Crippen LogP contribution in [0.25, 0.3) is 10.9 Å². The van der Waals surface area contributed by atoms with Crippen LogP contribution in [0.1, 0.15) is 12.5 Å². The maximum atomic E-state index is 12.9. The third-order valence-corrected chi connectivity index (χ3v) is 5.91. The van der Waals surface area contributed by atoms with Crippen molar-refractivity contribution >= 4 is 28.3 Å². The number of carbonyl (C=O) groups excluding carboxylic acids is 1. The predicted molar refractivity (Wildman–Crippen MR) is 136 cm³/mol. The average molecular weight is 486 g/mol. The number of morpholine rings is 1. The standard InChI is InChI=1S/C27H27N5O4/c1-18-16-20(6-7-23(18)36-21-8-10-28-11-9-21)31-26-25-22(29-17-30-26)4-3-5-24(25)35-19(2)27(33)32-12-14-34-15-13-32/h3-11,16-17,19H,12-15H2,1-2H3,(H,29,30,31)/t19-/m1/s1. The van der Waals surface area contributed by atoms with Crippen molar-refractivity contribution < 1.29 is 19.0 Å². The van der Waals surface area contributed by atoms with E-state index in [4.69, 9.17) is 14.2 Å². The van der Waals surface area contributed by atoms with Gasteiger partial charge in [0.25, 0.3) is 5.91 Å².